The summed E-state index contributed by atoms with van der Waals surface area (Å²) >= 11 is 0. The molecule has 4 heteroatoms. The molecule has 1 N–H and O–H groups in total. The molecule has 1 unspecified atom stereocenters. The average molecular weight is 291 g/mol. The summed E-state index contributed by atoms with van der Waals surface area (Å²) in [5.41, 5.74) is 0.291. The van der Waals surface area contributed by atoms with E-state index in [2.05, 4.69) is 5.32 Å². The second-order valence-corrected chi connectivity index (χ2v) is 4.77. The fraction of sp³-hybridized carbons (Fsp3) is 0.294. The summed E-state index contributed by atoms with van der Waals surface area (Å²) in [6.45, 7) is 2.97. The van der Waals surface area contributed by atoms with E-state index < -0.39 is 11.6 Å². The summed E-state index contributed by atoms with van der Waals surface area (Å²) in [4.78, 5) is 0. The predicted molar refractivity (Wildman–Crippen MR) is 79.3 cm³/mol. The quantitative estimate of drug-likeness (QED) is 0.830. The third-order valence-electron chi connectivity index (χ3n) is 3.16. The van der Waals surface area contributed by atoms with Crippen molar-refractivity contribution in [2.45, 2.75) is 19.4 Å². The molecule has 0 fully saturated rings. The van der Waals surface area contributed by atoms with Crippen molar-refractivity contribution in [3.05, 3.63) is 65.7 Å². The first-order valence-electron chi connectivity index (χ1n) is 7.07. The minimum atomic E-state index is -0.837. The van der Waals surface area contributed by atoms with Crippen LogP contribution in [0.4, 0.5) is 8.78 Å². The van der Waals surface area contributed by atoms with Crippen molar-refractivity contribution in [3.8, 4) is 5.75 Å². The van der Waals surface area contributed by atoms with Crippen LogP contribution in [0.25, 0.3) is 0 Å². The van der Waals surface area contributed by atoms with E-state index in [9.17, 15) is 8.78 Å². The lowest BCUT2D eigenvalue weighted by atomic mass is 10.1. The summed E-state index contributed by atoms with van der Waals surface area (Å²) in [5, 5.41) is 3.19. The minimum Gasteiger partial charge on any atom is -0.492 e. The maximum Gasteiger partial charge on any atom is 0.163 e. The molecule has 0 radical (unpaired) electrons. The summed E-state index contributed by atoms with van der Waals surface area (Å²) in [7, 11) is 0. The van der Waals surface area contributed by atoms with Crippen LogP contribution in [0.1, 0.15) is 24.9 Å². The molecule has 21 heavy (non-hydrogen) atoms. The van der Waals surface area contributed by atoms with Gasteiger partial charge in [0.1, 0.15) is 12.4 Å². The van der Waals surface area contributed by atoms with Gasteiger partial charge in [-0.05, 0) is 31.2 Å². The Kier molecular flexibility index (Phi) is 5.69. The topological polar surface area (TPSA) is 21.3 Å². The number of benzene rings is 2. The summed E-state index contributed by atoms with van der Waals surface area (Å²) in [6.07, 6.45) is 0.902. The van der Waals surface area contributed by atoms with E-state index in [0.717, 1.165) is 12.5 Å². The molecule has 2 rings (SSSR count). The molecule has 112 valence electrons. The Morgan fingerprint density at radius 3 is 2.52 bits per heavy atom. The fourth-order valence-corrected chi connectivity index (χ4v) is 2.06. The second-order valence-electron chi connectivity index (χ2n) is 4.77. The van der Waals surface area contributed by atoms with E-state index in [0.29, 0.717) is 17.9 Å². The largest absolute Gasteiger partial charge is 0.492 e. The van der Waals surface area contributed by atoms with Crippen LogP contribution in [0.15, 0.2) is 48.5 Å². The van der Waals surface area contributed by atoms with Crippen molar-refractivity contribution in [3.63, 3.8) is 0 Å². The Hall–Kier alpha value is -1.94. The van der Waals surface area contributed by atoms with E-state index in [-0.39, 0.29) is 12.6 Å². The monoisotopic (exact) mass is 291 g/mol. The van der Waals surface area contributed by atoms with Crippen molar-refractivity contribution in [1.82, 2.24) is 5.32 Å². The Morgan fingerprint density at radius 1 is 1.05 bits per heavy atom. The van der Waals surface area contributed by atoms with Gasteiger partial charge in [0, 0.05) is 5.56 Å². The van der Waals surface area contributed by atoms with Gasteiger partial charge < -0.3 is 10.1 Å². The van der Waals surface area contributed by atoms with E-state index in [1.165, 1.54) is 6.07 Å². The van der Waals surface area contributed by atoms with Gasteiger partial charge in [-0.2, -0.15) is 0 Å². The molecule has 0 saturated heterocycles. The maximum atomic E-state index is 13.9. The fourth-order valence-electron chi connectivity index (χ4n) is 2.06. The zero-order chi connectivity index (χ0) is 15.1. The SMILES string of the molecule is CCCNC(COc1ccccc1)c1cccc(F)c1F. The van der Waals surface area contributed by atoms with Gasteiger partial charge >= 0.3 is 0 Å². The van der Waals surface area contributed by atoms with Gasteiger partial charge in [-0.3, -0.25) is 0 Å². The van der Waals surface area contributed by atoms with Crippen LogP contribution in [0.2, 0.25) is 0 Å². The molecule has 2 aromatic carbocycles. The first-order chi connectivity index (χ1) is 10.2. The number of hydrogen-bond acceptors (Lipinski definition) is 2. The van der Waals surface area contributed by atoms with E-state index >= 15 is 0 Å². The normalized spacial score (nSPS) is 12.1. The molecule has 2 nitrogen and oxygen atoms in total. The number of halogens is 2. The van der Waals surface area contributed by atoms with Crippen LogP contribution in [-0.4, -0.2) is 13.2 Å². The highest BCUT2D eigenvalue weighted by atomic mass is 19.2. The highest BCUT2D eigenvalue weighted by Gasteiger charge is 2.18. The van der Waals surface area contributed by atoms with Crippen molar-refractivity contribution >= 4 is 0 Å². The smallest absolute Gasteiger partial charge is 0.163 e. The number of para-hydroxylation sites is 1. The Balaban J connectivity index is 2.12. The minimum absolute atomic E-state index is 0.240. The van der Waals surface area contributed by atoms with E-state index in [4.69, 9.17) is 4.74 Å². The van der Waals surface area contributed by atoms with Gasteiger partial charge in [-0.25, -0.2) is 8.78 Å². The highest BCUT2D eigenvalue weighted by molar-refractivity contribution is 5.24. The molecule has 0 aliphatic carbocycles. The van der Waals surface area contributed by atoms with E-state index in [1.54, 1.807) is 6.07 Å². The lowest BCUT2D eigenvalue weighted by Gasteiger charge is -2.20. The molecule has 0 aromatic heterocycles. The summed E-state index contributed by atoms with van der Waals surface area (Å²) in [5.74, 6) is -0.948. The molecule has 2 aromatic rings. The zero-order valence-electron chi connectivity index (χ0n) is 12.0. The molecule has 0 spiro atoms. The first-order valence-corrected chi connectivity index (χ1v) is 7.07. The summed E-state index contributed by atoms with van der Waals surface area (Å²) < 4.78 is 33.0. The third kappa shape index (κ3) is 4.26. The van der Waals surface area contributed by atoms with Crippen LogP contribution in [0.5, 0.6) is 5.75 Å². The van der Waals surface area contributed by atoms with Gasteiger partial charge in [0.15, 0.2) is 11.6 Å². The van der Waals surface area contributed by atoms with Gasteiger partial charge in [-0.1, -0.05) is 37.3 Å². The zero-order valence-corrected chi connectivity index (χ0v) is 12.0. The number of ether oxygens (including phenoxy) is 1. The van der Waals surface area contributed by atoms with Crippen molar-refractivity contribution in [2.75, 3.05) is 13.2 Å². The number of hydrogen-bond donors (Lipinski definition) is 1. The van der Waals surface area contributed by atoms with Crippen molar-refractivity contribution < 1.29 is 13.5 Å². The number of nitrogens with one attached hydrogen (secondary N) is 1. The van der Waals surface area contributed by atoms with Gasteiger partial charge in [0.2, 0.25) is 0 Å². The van der Waals surface area contributed by atoms with Crippen LogP contribution in [0.3, 0.4) is 0 Å². The van der Waals surface area contributed by atoms with Crippen LogP contribution in [0, 0.1) is 11.6 Å². The molecule has 1 atom stereocenters. The molecular weight excluding hydrogens is 272 g/mol. The Morgan fingerprint density at radius 2 is 1.81 bits per heavy atom. The Bertz CT molecular complexity index is 560. The van der Waals surface area contributed by atoms with Gasteiger partial charge in [0.25, 0.3) is 0 Å². The highest BCUT2D eigenvalue weighted by Crippen LogP contribution is 2.21. The average Bonchev–Trinajstić information content (AvgIpc) is 2.52. The molecule has 0 aliphatic heterocycles. The van der Waals surface area contributed by atoms with E-state index in [1.807, 2.05) is 37.3 Å². The lowest BCUT2D eigenvalue weighted by Crippen LogP contribution is -2.28. The summed E-state index contributed by atoms with van der Waals surface area (Å²) in [6, 6.07) is 13.1. The molecule has 0 bridgehead atoms. The predicted octanol–water partition coefficient (Wildman–Crippen LogP) is 4.08. The maximum absolute atomic E-state index is 13.9. The van der Waals surface area contributed by atoms with Crippen LogP contribution < -0.4 is 10.1 Å². The van der Waals surface area contributed by atoms with Crippen molar-refractivity contribution in [2.24, 2.45) is 0 Å². The standard InChI is InChI=1S/C17H19F2NO/c1-2-11-20-16(12-21-13-7-4-3-5-8-13)14-9-6-10-15(18)17(14)19/h3-10,16,20H,2,11-12H2,1H3. The van der Waals surface area contributed by atoms with Crippen molar-refractivity contribution in [1.29, 1.82) is 0 Å². The molecule has 0 amide bonds. The third-order valence-corrected chi connectivity index (χ3v) is 3.16. The molecular formula is C17H19F2NO. The van der Waals surface area contributed by atoms with Crippen LogP contribution >= 0.6 is 0 Å². The molecule has 0 aliphatic rings. The van der Waals surface area contributed by atoms with Gasteiger partial charge in [-0.15, -0.1) is 0 Å². The first kappa shape index (κ1) is 15.4. The lowest BCUT2D eigenvalue weighted by molar-refractivity contribution is 0.262. The number of rotatable bonds is 7. The Labute approximate surface area is 123 Å². The van der Waals surface area contributed by atoms with Crippen LogP contribution in [-0.2, 0) is 0 Å². The van der Waals surface area contributed by atoms with Gasteiger partial charge in [0.05, 0.1) is 6.04 Å². The molecule has 0 heterocycles. The second kappa shape index (κ2) is 7.74. The molecule has 0 saturated carbocycles.